The number of halogens is 1. The van der Waals surface area contributed by atoms with E-state index in [9.17, 15) is 4.79 Å². The van der Waals surface area contributed by atoms with E-state index in [2.05, 4.69) is 30.6 Å². The van der Waals surface area contributed by atoms with Crippen molar-refractivity contribution in [2.75, 3.05) is 14.1 Å². The Bertz CT molecular complexity index is 217. The van der Waals surface area contributed by atoms with Crippen molar-refractivity contribution in [2.24, 2.45) is 0 Å². The maximum atomic E-state index is 11.4. The molecule has 0 bridgehead atoms. The molecule has 1 amide bonds. The summed E-state index contributed by atoms with van der Waals surface area (Å²) in [6.07, 6.45) is 0.929. The van der Waals surface area contributed by atoms with Crippen LogP contribution < -0.4 is 5.32 Å². The van der Waals surface area contributed by atoms with E-state index < -0.39 is 0 Å². The van der Waals surface area contributed by atoms with Crippen LogP contribution in [0.5, 0.6) is 0 Å². The zero-order valence-corrected chi connectivity index (χ0v) is 10.3. The first-order valence-electron chi connectivity index (χ1n) is 5.03. The fourth-order valence-corrected chi connectivity index (χ4v) is 1.22. The van der Waals surface area contributed by atoms with E-state index in [1.54, 1.807) is 6.92 Å². The first-order chi connectivity index (χ1) is 6.40. The van der Waals surface area contributed by atoms with Gasteiger partial charge in [-0.2, -0.15) is 0 Å². The lowest BCUT2D eigenvalue weighted by Crippen LogP contribution is -2.47. The van der Waals surface area contributed by atoms with Crippen molar-refractivity contribution in [3.05, 3.63) is 12.2 Å². The molecule has 1 N–H and O–H groups in total. The number of nitrogens with zero attached hydrogens (tertiary/aromatic N) is 1. The third-order valence-electron chi connectivity index (χ3n) is 2.54. The van der Waals surface area contributed by atoms with Crippen molar-refractivity contribution in [3.8, 4) is 0 Å². The molecule has 3 nitrogen and oxygen atoms in total. The molecule has 2 atom stereocenters. The minimum absolute atomic E-state index is 0. The van der Waals surface area contributed by atoms with Gasteiger partial charge < -0.3 is 10.2 Å². The Labute approximate surface area is 91.9 Å². The largest absolute Gasteiger partial charge is 0.348 e. The lowest BCUT2D eigenvalue weighted by atomic mass is 10.1. The highest BCUT2D eigenvalue weighted by molar-refractivity contribution is 5.92. The quantitative estimate of drug-likeness (QED) is 0.710. The number of carbonyl (C=O) groups excluding carboxylic acids is 1. The number of rotatable bonds is 5. The van der Waals surface area contributed by atoms with Crippen molar-refractivity contribution in [1.29, 1.82) is 0 Å². The van der Waals surface area contributed by atoms with Crippen molar-refractivity contribution in [1.82, 2.24) is 10.2 Å². The summed E-state index contributed by atoms with van der Waals surface area (Å²) in [5.41, 5.74) is 0.564. The van der Waals surface area contributed by atoms with E-state index in [1.165, 1.54) is 0 Å². The summed E-state index contributed by atoms with van der Waals surface area (Å²) in [6.45, 7) is 9.52. The molecule has 0 aromatic rings. The highest BCUT2D eigenvalue weighted by Crippen LogP contribution is 2.04. The van der Waals surface area contributed by atoms with Crippen molar-refractivity contribution < 1.29 is 9.50 Å². The maximum absolute atomic E-state index is 11.4. The van der Waals surface area contributed by atoms with Crippen LogP contribution in [0.2, 0.25) is 0 Å². The van der Waals surface area contributed by atoms with E-state index in [4.69, 9.17) is 0 Å². The molecule has 0 saturated heterocycles. The van der Waals surface area contributed by atoms with Crippen LogP contribution in [0.15, 0.2) is 12.2 Å². The van der Waals surface area contributed by atoms with Gasteiger partial charge in [0.25, 0.3) is 0 Å². The van der Waals surface area contributed by atoms with E-state index in [0.29, 0.717) is 11.6 Å². The molecule has 0 aliphatic rings. The van der Waals surface area contributed by atoms with Crippen molar-refractivity contribution in [3.63, 3.8) is 0 Å². The summed E-state index contributed by atoms with van der Waals surface area (Å²) in [4.78, 5) is 13.5. The van der Waals surface area contributed by atoms with Crippen molar-refractivity contribution >= 4 is 5.91 Å². The van der Waals surface area contributed by atoms with Crippen LogP contribution in [0, 0.1) is 0 Å². The monoisotopic (exact) mass is 218 g/mol. The summed E-state index contributed by atoms with van der Waals surface area (Å²) in [7, 11) is 4.03. The molecule has 0 rings (SSSR count). The molecular formula is C11H23FN2O. The molecule has 0 aliphatic heterocycles. The zero-order chi connectivity index (χ0) is 11.3. The predicted molar refractivity (Wildman–Crippen MR) is 62.7 cm³/mol. The Hall–Kier alpha value is -0.900. The normalized spacial score (nSPS) is 14.0. The maximum Gasteiger partial charge on any atom is 0.246 e. The third-order valence-corrected chi connectivity index (χ3v) is 2.54. The number of amides is 1. The van der Waals surface area contributed by atoms with Gasteiger partial charge in [0, 0.05) is 17.7 Å². The molecule has 0 aromatic heterocycles. The first kappa shape index (κ1) is 16.5. The summed E-state index contributed by atoms with van der Waals surface area (Å²) < 4.78 is 0. The van der Waals surface area contributed by atoms with E-state index in [0.717, 1.165) is 6.42 Å². The van der Waals surface area contributed by atoms with Gasteiger partial charge in [-0.25, -0.2) is 0 Å². The number of carbonyl (C=O) groups is 1. The molecule has 2 unspecified atom stereocenters. The van der Waals surface area contributed by atoms with E-state index >= 15 is 0 Å². The van der Waals surface area contributed by atoms with Gasteiger partial charge in [0.2, 0.25) is 5.91 Å². The average Bonchev–Trinajstić information content (AvgIpc) is 2.12. The molecule has 4 heteroatoms. The van der Waals surface area contributed by atoms with Crippen LogP contribution in [0.1, 0.15) is 27.2 Å². The van der Waals surface area contributed by atoms with Gasteiger partial charge in [0.15, 0.2) is 0 Å². The van der Waals surface area contributed by atoms with Crippen molar-refractivity contribution in [2.45, 2.75) is 39.3 Å². The van der Waals surface area contributed by atoms with E-state index in [-0.39, 0.29) is 16.7 Å². The van der Waals surface area contributed by atoms with Gasteiger partial charge in [0.1, 0.15) is 0 Å². The second-order valence-corrected chi connectivity index (χ2v) is 3.97. The number of hydrogen-bond acceptors (Lipinski definition) is 2. The smallest absolute Gasteiger partial charge is 0.246 e. The van der Waals surface area contributed by atoms with Crippen LogP contribution in [0.3, 0.4) is 0 Å². The molecule has 0 fully saturated rings. The Kier molecular flexibility index (Phi) is 8.15. The van der Waals surface area contributed by atoms with Gasteiger partial charge in [-0.3, -0.25) is 9.50 Å². The third kappa shape index (κ3) is 5.52. The predicted octanol–water partition coefficient (Wildman–Crippen LogP) is 1.56. The Morgan fingerprint density at radius 2 is 1.93 bits per heavy atom. The van der Waals surface area contributed by atoms with Crippen LogP contribution in [-0.4, -0.2) is 37.0 Å². The Morgan fingerprint density at radius 1 is 1.47 bits per heavy atom. The minimum Gasteiger partial charge on any atom is -0.348 e. The first-order valence-corrected chi connectivity index (χ1v) is 5.03. The average molecular weight is 218 g/mol. The number of nitrogens with one attached hydrogen (secondary N) is 1. The van der Waals surface area contributed by atoms with Gasteiger partial charge >= 0.3 is 0 Å². The lowest BCUT2D eigenvalue weighted by Gasteiger charge is -2.29. The van der Waals surface area contributed by atoms with Crippen LogP contribution in [0.4, 0.5) is 4.70 Å². The minimum atomic E-state index is -0.0504. The molecule has 0 saturated carbocycles. The molecule has 90 valence electrons. The van der Waals surface area contributed by atoms with Gasteiger partial charge in [-0.1, -0.05) is 13.5 Å². The fraction of sp³-hybridized carbons (Fsp3) is 0.727. The lowest BCUT2D eigenvalue weighted by molar-refractivity contribution is -0.118. The fourth-order valence-electron chi connectivity index (χ4n) is 1.22. The van der Waals surface area contributed by atoms with Crippen LogP contribution >= 0.6 is 0 Å². The standard InChI is InChI=1S/C11H22N2O.FH/c1-7-10(9(4)13(5)6)12-11(14)8(2)3;/h9-10H,2,7H2,1,3-6H3,(H,12,14);1H. The molecule has 0 radical (unpaired) electrons. The molecule has 0 spiro atoms. The van der Waals surface area contributed by atoms with Gasteiger partial charge in [-0.15, -0.1) is 0 Å². The highest BCUT2D eigenvalue weighted by atomic mass is 19.0. The van der Waals surface area contributed by atoms with E-state index in [1.807, 2.05) is 14.1 Å². The highest BCUT2D eigenvalue weighted by Gasteiger charge is 2.19. The van der Waals surface area contributed by atoms with Crippen LogP contribution in [-0.2, 0) is 4.79 Å². The molecule has 0 heterocycles. The topological polar surface area (TPSA) is 32.3 Å². The summed E-state index contributed by atoms with van der Waals surface area (Å²) in [5.74, 6) is -0.0504. The number of hydrogen-bond donors (Lipinski definition) is 1. The van der Waals surface area contributed by atoms with Gasteiger partial charge in [0.05, 0.1) is 0 Å². The second-order valence-electron chi connectivity index (χ2n) is 3.97. The molecular weight excluding hydrogens is 195 g/mol. The second kappa shape index (κ2) is 7.40. The summed E-state index contributed by atoms with van der Waals surface area (Å²) in [5, 5.41) is 2.97. The van der Waals surface area contributed by atoms with Gasteiger partial charge in [-0.05, 0) is 34.4 Å². The summed E-state index contributed by atoms with van der Waals surface area (Å²) >= 11 is 0. The summed E-state index contributed by atoms with van der Waals surface area (Å²) in [6, 6.07) is 0.525. The molecule has 15 heavy (non-hydrogen) atoms. The Balaban J connectivity index is 0. The molecule has 0 aliphatic carbocycles. The SMILES string of the molecule is C=C(C)C(=O)NC(CC)C(C)N(C)C.F. The molecule has 0 aromatic carbocycles. The Morgan fingerprint density at radius 3 is 2.20 bits per heavy atom. The zero-order valence-electron chi connectivity index (χ0n) is 10.3. The van der Waals surface area contributed by atoms with Crippen LogP contribution in [0.25, 0.3) is 0 Å². The number of likely N-dealkylation sites (N-methyl/N-ethyl adjacent to an activating group) is 1.